The van der Waals surface area contributed by atoms with Crippen LogP contribution in [0.2, 0.25) is 0 Å². The molecule has 9 heteroatoms. The number of rotatable bonds is 8. The molecule has 0 saturated carbocycles. The van der Waals surface area contributed by atoms with E-state index in [1.165, 1.54) is 0 Å². The molecule has 2 rings (SSSR count). The summed E-state index contributed by atoms with van der Waals surface area (Å²) in [7, 11) is -7.01. The van der Waals surface area contributed by atoms with Gasteiger partial charge in [0.15, 0.2) is 0 Å². The van der Waals surface area contributed by atoms with Crippen molar-refractivity contribution in [3.05, 3.63) is 97.5 Å². The summed E-state index contributed by atoms with van der Waals surface area (Å²) in [6.07, 6.45) is 1.83. The molecule has 0 atom stereocenters. The van der Waals surface area contributed by atoms with Gasteiger partial charge in [-0.2, -0.15) is 16.8 Å². The minimum atomic E-state index is -3.50. The standard InChI is InChI=1S/2C9H10O3S.H3N/c2*1-2-12-13(10,11)8-9-6-4-3-5-7-9;/h2*2-7H,1,8H2;1H3. The molecule has 0 spiro atoms. The van der Waals surface area contributed by atoms with Gasteiger partial charge in [-0.1, -0.05) is 73.8 Å². The second-order valence-electron chi connectivity index (χ2n) is 4.90. The Morgan fingerprint density at radius 2 is 0.963 bits per heavy atom. The molecule has 27 heavy (non-hydrogen) atoms. The van der Waals surface area contributed by atoms with Crippen LogP contribution in [0.1, 0.15) is 11.1 Å². The maximum Gasteiger partial charge on any atom is 0.312 e. The highest BCUT2D eigenvalue weighted by atomic mass is 32.2. The number of hydrogen-bond donors (Lipinski definition) is 1. The largest absolute Gasteiger partial charge is 0.391 e. The molecule has 0 unspecified atom stereocenters. The highest BCUT2D eigenvalue weighted by molar-refractivity contribution is 7.86. The smallest absolute Gasteiger partial charge is 0.312 e. The first-order valence-corrected chi connectivity index (χ1v) is 10.5. The monoisotopic (exact) mass is 413 g/mol. The Labute approximate surface area is 160 Å². The fraction of sp³-hybridized carbons (Fsp3) is 0.111. The van der Waals surface area contributed by atoms with E-state index in [4.69, 9.17) is 0 Å². The topological polar surface area (TPSA) is 122 Å². The average molecular weight is 414 g/mol. The van der Waals surface area contributed by atoms with E-state index in [9.17, 15) is 16.8 Å². The minimum Gasteiger partial charge on any atom is -0.391 e. The second-order valence-corrected chi connectivity index (χ2v) is 8.09. The van der Waals surface area contributed by atoms with Gasteiger partial charge in [-0.15, -0.1) is 0 Å². The molecule has 148 valence electrons. The zero-order valence-corrected chi connectivity index (χ0v) is 16.4. The van der Waals surface area contributed by atoms with E-state index >= 15 is 0 Å². The molecule has 0 amide bonds. The Balaban J connectivity index is 0.000000483. The molecule has 3 N–H and O–H groups in total. The van der Waals surface area contributed by atoms with E-state index in [1.807, 2.05) is 12.1 Å². The summed E-state index contributed by atoms with van der Waals surface area (Å²) in [6, 6.07) is 17.7. The van der Waals surface area contributed by atoms with E-state index in [0.717, 1.165) is 12.5 Å². The van der Waals surface area contributed by atoms with Gasteiger partial charge in [-0.25, -0.2) is 0 Å². The van der Waals surface area contributed by atoms with E-state index in [2.05, 4.69) is 21.5 Å². The van der Waals surface area contributed by atoms with Crippen LogP contribution >= 0.6 is 0 Å². The zero-order valence-electron chi connectivity index (χ0n) is 14.7. The molecule has 0 aliphatic carbocycles. The molecule has 2 aromatic carbocycles. The Hall–Kier alpha value is -2.62. The summed E-state index contributed by atoms with van der Waals surface area (Å²) >= 11 is 0. The summed E-state index contributed by atoms with van der Waals surface area (Å²) < 4.78 is 53.2. The summed E-state index contributed by atoms with van der Waals surface area (Å²) in [4.78, 5) is 0. The Morgan fingerprint density at radius 1 is 0.667 bits per heavy atom. The van der Waals surface area contributed by atoms with E-state index in [-0.39, 0.29) is 17.7 Å². The molecule has 0 aliphatic heterocycles. The Kier molecular flexibility index (Phi) is 10.7. The van der Waals surface area contributed by atoms with E-state index in [0.29, 0.717) is 11.1 Å². The fourth-order valence-corrected chi connectivity index (χ4v) is 3.58. The van der Waals surface area contributed by atoms with Crippen molar-refractivity contribution in [3.8, 4) is 0 Å². The van der Waals surface area contributed by atoms with Crippen LogP contribution in [0, 0.1) is 0 Å². The molecule has 0 fully saturated rings. The third-order valence-electron chi connectivity index (χ3n) is 2.80. The number of benzene rings is 2. The zero-order chi connectivity index (χ0) is 19.5. The van der Waals surface area contributed by atoms with Gasteiger partial charge >= 0.3 is 20.2 Å². The molecule has 0 aromatic heterocycles. The van der Waals surface area contributed by atoms with Gasteiger partial charge in [0, 0.05) is 0 Å². The van der Waals surface area contributed by atoms with Crippen LogP contribution in [0.4, 0.5) is 0 Å². The van der Waals surface area contributed by atoms with Crippen molar-refractivity contribution in [2.45, 2.75) is 11.5 Å². The maximum atomic E-state index is 11.1. The van der Waals surface area contributed by atoms with Gasteiger partial charge in [-0.05, 0) is 11.1 Å². The van der Waals surface area contributed by atoms with Crippen LogP contribution in [-0.4, -0.2) is 16.8 Å². The highest BCUT2D eigenvalue weighted by Gasteiger charge is 2.10. The molecule has 0 heterocycles. The second kappa shape index (κ2) is 11.9. The molecule has 0 saturated heterocycles. The van der Waals surface area contributed by atoms with Crippen molar-refractivity contribution in [2.75, 3.05) is 0 Å². The quantitative estimate of drug-likeness (QED) is 0.519. The van der Waals surface area contributed by atoms with Crippen LogP contribution < -0.4 is 6.15 Å². The summed E-state index contributed by atoms with van der Waals surface area (Å²) in [5.41, 5.74) is 1.40. The van der Waals surface area contributed by atoms with Crippen molar-refractivity contribution >= 4 is 20.2 Å². The number of hydrogen-bond acceptors (Lipinski definition) is 7. The van der Waals surface area contributed by atoms with Gasteiger partial charge in [0.1, 0.15) is 11.5 Å². The molecule has 2 aromatic rings. The molecule has 0 aliphatic rings. The lowest BCUT2D eigenvalue weighted by Gasteiger charge is -2.01. The van der Waals surface area contributed by atoms with Gasteiger partial charge < -0.3 is 14.5 Å². The maximum absolute atomic E-state index is 11.1. The van der Waals surface area contributed by atoms with Crippen LogP contribution in [0.25, 0.3) is 0 Å². The van der Waals surface area contributed by atoms with Crippen molar-refractivity contribution < 1.29 is 25.2 Å². The third-order valence-corrected chi connectivity index (χ3v) is 5.03. The third kappa shape index (κ3) is 10.9. The summed E-state index contributed by atoms with van der Waals surface area (Å²) in [6.45, 7) is 6.37. The molecule has 0 bridgehead atoms. The van der Waals surface area contributed by atoms with Crippen molar-refractivity contribution in [1.29, 1.82) is 0 Å². The molecule has 0 radical (unpaired) electrons. The lowest BCUT2D eigenvalue weighted by Crippen LogP contribution is -2.04. The van der Waals surface area contributed by atoms with Crippen LogP contribution in [-0.2, 0) is 40.1 Å². The van der Waals surface area contributed by atoms with Gasteiger partial charge in [0.05, 0.1) is 12.5 Å². The summed E-state index contributed by atoms with van der Waals surface area (Å²) in [5, 5.41) is 0. The first-order valence-electron chi connectivity index (χ1n) is 7.39. The molecular weight excluding hydrogens is 390 g/mol. The SMILES string of the molecule is C=COS(=O)(=O)Cc1ccccc1.C=COS(=O)(=O)Cc1ccccc1.N. The normalized spacial score (nSPS) is 10.4. The lowest BCUT2D eigenvalue weighted by atomic mass is 10.2. The fourth-order valence-electron chi connectivity index (χ4n) is 1.83. The first-order chi connectivity index (χ1) is 12.3. The Morgan fingerprint density at radius 3 is 1.22 bits per heavy atom. The van der Waals surface area contributed by atoms with Crippen LogP contribution in [0.15, 0.2) is 86.3 Å². The Bertz CT molecular complexity index is 818. The van der Waals surface area contributed by atoms with Crippen LogP contribution in [0.5, 0.6) is 0 Å². The first kappa shape index (κ1) is 24.4. The van der Waals surface area contributed by atoms with Gasteiger partial charge in [0.25, 0.3) is 0 Å². The van der Waals surface area contributed by atoms with Crippen molar-refractivity contribution in [2.24, 2.45) is 0 Å². The lowest BCUT2D eigenvalue weighted by molar-refractivity contribution is 0.442. The predicted octanol–water partition coefficient (Wildman–Crippen LogP) is 3.52. The van der Waals surface area contributed by atoms with Gasteiger partial charge in [0.2, 0.25) is 0 Å². The van der Waals surface area contributed by atoms with Crippen molar-refractivity contribution in [3.63, 3.8) is 0 Å². The van der Waals surface area contributed by atoms with E-state index in [1.54, 1.807) is 48.5 Å². The highest BCUT2D eigenvalue weighted by Crippen LogP contribution is 2.07. The van der Waals surface area contributed by atoms with E-state index < -0.39 is 20.2 Å². The molecular formula is C18H23NO6S2. The summed E-state index contributed by atoms with van der Waals surface area (Å²) in [5.74, 6) is -0.250. The van der Waals surface area contributed by atoms with Crippen LogP contribution in [0.3, 0.4) is 0 Å². The van der Waals surface area contributed by atoms with Crippen molar-refractivity contribution in [1.82, 2.24) is 6.15 Å². The average Bonchev–Trinajstić information content (AvgIpc) is 2.56. The minimum absolute atomic E-state index is 0. The molecule has 7 nitrogen and oxygen atoms in total. The predicted molar refractivity (Wildman–Crippen MR) is 106 cm³/mol. The van der Waals surface area contributed by atoms with Gasteiger partial charge in [-0.3, -0.25) is 0 Å².